The topological polar surface area (TPSA) is 81.8 Å². The van der Waals surface area contributed by atoms with Gasteiger partial charge in [0.25, 0.3) is 5.56 Å². The molecule has 32 heavy (non-hydrogen) atoms. The van der Waals surface area contributed by atoms with Gasteiger partial charge in [-0.05, 0) is 57.5 Å². The number of nitrogens with one attached hydrogen (secondary N) is 1. The summed E-state index contributed by atoms with van der Waals surface area (Å²) in [7, 11) is 0. The zero-order valence-corrected chi connectivity index (χ0v) is 18.4. The zero-order chi connectivity index (χ0) is 23.0. The number of carbonyl (C=O) groups is 1. The summed E-state index contributed by atoms with van der Waals surface area (Å²) in [6, 6.07) is 13.0. The Bertz CT molecular complexity index is 1370. The molecule has 1 amide bonds. The van der Waals surface area contributed by atoms with E-state index in [9.17, 15) is 14.0 Å². The molecule has 7 nitrogen and oxygen atoms in total. The summed E-state index contributed by atoms with van der Waals surface area (Å²) in [5, 5.41) is 12.4. The van der Waals surface area contributed by atoms with E-state index in [0.29, 0.717) is 16.6 Å². The van der Waals surface area contributed by atoms with Gasteiger partial charge in [0.2, 0.25) is 5.91 Å². The first kappa shape index (κ1) is 21.4. The van der Waals surface area contributed by atoms with Gasteiger partial charge in [-0.1, -0.05) is 29.8 Å². The number of hydrogen-bond donors (Lipinski definition) is 1. The molecule has 2 aromatic heterocycles. The van der Waals surface area contributed by atoms with Gasteiger partial charge in [-0.15, -0.1) is 0 Å². The minimum absolute atomic E-state index is 0.151. The van der Waals surface area contributed by atoms with Crippen molar-refractivity contribution in [3.8, 4) is 5.69 Å². The molecule has 1 N–H and O–H groups in total. The lowest BCUT2D eigenvalue weighted by atomic mass is 10.2. The Hall–Kier alpha value is -3.81. The van der Waals surface area contributed by atoms with Crippen molar-refractivity contribution in [2.24, 2.45) is 0 Å². The molecule has 0 saturated heterocycles. The third-order valence-corrected chi connectivity index (χ3v) is 5.53. The number of halogens is 1. The molecule has 0 saturated carbocycles. The molecule has 0 spiro atoms. The van der Waals surface area contributed by atoms with Crippen LogP contribution in [0, 0.1) is 26.6 Å². The van der Waals surface area contributed by atoms with Crippen LogP contribution in [-0.4, -0.2) is 25.5 Å². The lowest BCUT2D eigenvalue weighted by molar-refractivity contribution is -0.124. The average Bonchev–Trinajstić information content (AvgIpc) is 3.12. The van der Waals surface area contributed by atoms with Crippen molar-refractivity contribution in [2.45, 2.75) is 40.3 Å². The van der Waals surface area contributed by atoms with Crippen LogP contribution in [0.2, 0.25) is 0 Å². The van der Waals surface area contributed by atoms with Crippen molar-refractivity contribution in [3.05, 3.63) is 87.2 Å². The first-order valence-corrected chi connectivity index (χ1v) is 10.3. The van der Waals surface area contributed by atoms with Gasteiger partial charge in [-0.2, -0.15) is 10.2 Å². The molecule has 2 heterocycles. The number of fused-ring (bicyclic) bond motifs is 1. The summed E-state index contributed by atoms with van der Waals surface area (Å²) in [6.07, 6.45) is 0. The molecule has 2 aromatic carbocycles. The van der Waals surface area contributed by atoms with Gasteiger partial charge in [0.05, 0.1) is 22.5 Å². The molecule has 8 heteroatoms. The van der Waals surface area contributed by atoms with Gasteiger partial charge < -0.3 is 5.32 Å². The van der Waals surface area contributed by atoms with Crippen LogP contribution >= 0.6 is 0 Å². The number of aryl methyl sites for hydroxylation is 3. The predicted molar refractivity (Wildman–Crippen MR) is 120 cm³/mol. The Morgan fingerprint density at radius 1 is 1.09 bits per heavy atom. The Kier molecular flexibility index (Phi) is 5.61. The van der Waals surface area contributed by atoms with Crippen molar-refractivity contribution in [1.82, 2.24) is 24.9 Å². The summed E-state index contributed by atoms with van der Waals surface area (Å²) in [4.78, 5) is 25.9. The van der Waals surface area contributed by atoms with Crippen LogP contribution in [0.3, 0.4) is 0 Å². The normalized spacial score (nSPS) is 12.2. The maximum atomic E-state index is 13.4. The van der Waals surface area contributed by atoms with Crippen LogP contribution in [0.5, 0.6) is 0 Å². The lowest BCUT2D eigenvalue weighted by Crippen LogP contribution is -2.37. The first-order chi connectivity index (χ1) is 15.3. The highest BCUT2D eigenvalue weighted by atomic mass is 19.1. The van der Waals surface area contributed by atoms with E-state index in [-0.39, 0.29) is 17.9 Å². The van der Waals surface area contributed by atoms with Crippen LogP contribution in [0.1, 0.15) is 35.5 Å². The summed E-state index contributed by atoms with van der Waals surface area (Å²) < 4.78 is 16.2. The van der Waals surface area contributed by atoms with Gasteiger partial charge in [0.15, 0.2) is 5.52 Å². The number of carbonyl (C=O) groups excluding carboxylic acids is 1. The monoisotopic (exact) mass is 433 g/mol. The quantitative estimate of drug-likeness (QED) is 0.522. The third kappa shape index (κ3) is 3.91. The van der Waals surface area contributed by atoms with Crippen molar-refractivity contribution in [2.75, 3.05) is 0 Å². The van der Waals surface area contributed by atoms with E-state index in [1.165, 1.54) is 12.1 Å². The van der Waals surface area contributed by atoms with E-state index in [1.54, 1.807) is 30.7 Å². The van der Waals surface area contributed by atoms with Gasteiger partial charge in [-0.25, -0.2) is 13.8 Å². The summed E-state index contributed by atoms with van der Waals surface area (Å²) in [5.74, 6) is -0.763. The van der Waals surface area contributed by atoms with Crippen molar-refractivity contribution in [3.63, 3.8) is 0 Å². The highest BCUT2D eigenvalue weighted by Gasteiger charge is 2.23. The molecule has 0 aliphatic heterocycles. The van der Waals surface area contributed by atoms with Crippen LogP contribution in [0.4, 0.5) is 4.39 Å². The molecule has 164 valence electrons. The van der Waals surface area contributed by atoms with Crippen LogP contribution in [-0.2, 0) is 11.3 Å². The van der Waals surface area contributed by atoms with Gasteiger partial charge in [0, 0.05) is 6.54 Å². The molecule has 0 radical (unpaired) electrons. The number of amides is 1. The second-order valence-corrected chi connectivity index (χ2v) is 7.92. The highest BCUT2D eigenvalue weighted by molar-refractivity contribution is 5.84. The molecule has 4 rings (SSSR count). The van der Waals surface area contributed by atoms with Crippen LogP contribution < -0.4 is 10.9 Å². The molecule has 4 aromatic rings. The average molecular weight is 433 g/mol. The SMILES string of the molecule is Cc1ccc(-n2nc3c(=O)n([C@H](C)C(=O)NCc4cccc(F)c4)nc(C)c3c2C)cc1. The fraction of sp³-hybridized carbons (Fsp3) is 0.250. The Morgan fingerprint density at radius 2 is 1.81 bits per heavy atom. The molecule has 0 aliphatic carbocycles. The largest absolute Gasteiger partial charge is 0.350 e. The lowest BCUT2D eigenvalue weighted by Gasteiger charge is -2.15. The van der Waals surface area contributed by atoms with Crippen molar-refractivity contribution in [1.29, 1.82) is 0 Å². The number of benzene rings is 2. The van der Waals surface area contributed by atoms with Gasteiger partial charge >= 0.3 is 0 Å². The molecule has 0 unspecified atom stereocenters. The smallest absolute Gasteiger partial charge is 0.295 e. The summed E-state index contributed by atoms with van der Waals surface area (Å²) in [6.45, 7) is 7.44. The Balaban J connectivity index is 1.67. The van der Waals surface area contributed by atoms with Crippen LogP contribution in [0.25, 0.3) is 16.6 Å². The third-order valence-electron chi connectivity index (χ3n) is 5.53. The standard InChI is InChI=1S/C24H24FN5O2/c1-14-8-10-20(11-9-14)29-16(3)21-15(2)27-30(24(32)22(21)28-29)17(4)23(31)26-13-18-6-5-7-19(25)12-18/h5-12,17H,13H2,1-4H3,(H,26,31)/t17-/m1/s1. The Morgan fingerprint density at radius 3 is 2.50 bits per heavy atom. The van der Waals surface area contributed by atoms with E-state index >= 15 is 0 Å². The van der Waals surface area contributed by atoms with E-state index in [0.717, 1.165) is 21.6 Å². The number of hydrogen-bond acceptors (Lipinski definition) is 4. The molecular formula is C24H24FN5O2. The second kappa shape index (κ2) is 8.37. The number of nitrogens with zero attached hydrogens (tertiary/aromatic N) is 4. The van der Waals surface area contributed by atoms with Crippen molar-refractivity contribution < 1.29 is 9.18 Å². The van der Waals surface area contributed by atoms with Crippen LogP contribution in [0.15, 0.2) is 53.3 Å². The second-order valence-electron chi connectivity index (χ2n) is 7.92. The summed E-state index contributed by atoms with van der Waals surface area (Å²) in [5.41, 5.74) is 3.84. The van der Waals surface area contributed by atoms with E-state index in [4.69, 9.17) is 0 Å². The molecule has 1 atom stereocenters. The van der Waals surface area contributed by atoms with Gasteiger partial charge in [0.1, 0.15) is 11.9 Å². The molecule has 0 fully saturated rings. The minimum Gasteiger partial charge on any atom is -0.350 e. The maximum Gasteiger partial charge on any atom is 0.295 e. The first-order valence-electron chi connectivity index (χ1n) is 10.3. The fourth-order valence-electron chi connectivity index (χ4n) is 3.75. The maximum absolute atomic E-state index is 13.4. The zero-order valence-electron chi connectivity index (χ0n) is 18.4. The number of rotatable bonds is 5. The van der Waals surface area contributed by atoms with Crippen molar-refractivity contribution >= 4 is 16.8 Å². The predicted octanol–water partition coefficient (Wildman–Crippen LogP) is 3.52. The fourth-order valence-corrected chi connectivity index (χ4v) is 3.75. The van der Waals surface area contributed by atoms with E-state index in [2.05, 4.69) is 15.5 Å². The molecular weight excluding hydrogens is 409 g/mol. The van der Waals surface area contributed by atoms with E-state index < -0.39 is 17.5 Å². The number of aromatic nitrogens is 4. The molecule has 0 aliphatic rings. The minimum atomic E-state index is -0.857. The summed E-state index contributed by atoms with van der Waals surface area (Å²) >= 11 is 0. The Labute approximate surface area is 184 Å². The van der Waals surface area contributed by atoms with Gasteiger partial charge in [-0.3, -0.25) is 9.59 Å². The highest BCUT2D eigenvalue weighted by Crippen LogP contribution is 2.22. The van der Waals surface area contributed by atoms with E-state index in [1.807, 2.05) is 38.1 Å². The molecule has 0 bridgehead atoms.